The van der Waals surface area contributed by atoms with Crippen LogP contribution in [0.2, 0.25) is 0 Å². The summed E-state index contributed by atoms with van der Waals surface area (Å²) in [6.07, 6.45) is 4.65. The van der Waals surface area contributed by atoms with Crippen molar-refractivity contribution >= 4 is 23.2 Å². The second-order valence-electron chi connectivity index (χ2n) is 4.93. The molecular formula is C17H15N5O3. The molecule has 0 unspecified atom stereocenters. The molecule has 0 saturated carbocycles. The van der Waals surface area contributed by atoms with E-state index in [1.54, 1.807) is 42.7 Å². The Morgan fingerprint density at radius 3 is 2.64 bits per heavy atom. The van der Waals surface area contributed by atoms with Crippen LogP contribution in [-0.2, 0) is 4.74 Å². The molecule has 3 aromatic rings. The predicted octanol–water partition coefficient (Wildman–Crippen LogP) is 2.78. The number of benzene rings is 1. The van der Waals surface area contributed by atoms with E-state index in [-0.39, 0.29) is 11.6 Å². The van der Waals surface area contributed by atoms with Gasteiger partial charge in [0.2, 0.25) is 5.88 Å². The van der Waals surface area contributed by atoms with Crippen LogP contribution in [-0.4, -0.2) is 28.0 Å². The minimum absolute atomic E-state index is 0.201. The quantitative estimate of drug-likeness (QED) is 0.683. The number of methoxy groups -OCH3 is 1. The number of aromatic nitrogens is 3. The lowest BCUT2D eigenvalue weighted by Crippen LogP contribution is -2.03. The summed E-state index contributed by atoms with van der Waals surface area (Å²) < 4.78 is 10.3. The van der Waals surface area contributed by atoms with Gasteiger partial charge >= 0.3 is 5.97 Å². The summed E-state index contributed by atoms with van der Waals surface area (Å²) in [4.78, 5) is 23.6. The molecule has 0 atom stereocenters. The minimum atomic E-state index is -0.420. The van der Waals surface area contributed by atoms with Gasteiger partial charge in [0.05, 0.1) is 24.6 Å². The Kier molecular flexibility index (Phi) is 4.70. The van der Waals surface area contributed by atoms with Gasteiger partial charge in [-0.05, 0) is 36.4 Å². The van der Waals surface area contributed by atoms with E-state index in [9.17, 15) is 4.79 Å². The van der Waals surface area contributed by atoms with Crippen molar-refractivity contribution in [1.82, 2.24) is 15.0 Å². The van der Waals surface area contributed by atoms with Crippen molar-refractivity contribution in [3.8, 4) is 11.6 Å². The molecule has 8 nitrogen and oxygen atoms in total. The molecule has 25 heavy (non-hydrogen) atoms. The molecule has 0 aliphatic rings. The Balaban J connectivity index is 1.79. The Morgan fingerprint density at radius 1 is 1.16 bits per heavy atom. The van der Waals surface area contributed by atoms with Crippen molar-refractivity contribution in [1.29, 1.82) is 0 Å². The van der Waals surface area contributed by atoms with Gasteiger partial charge in [0.15, 0.2) is 5.82 Å². The Bertz CT molecular complexity index is 869. The zero-order chi connectivity index (χ0) is 17.6. The molecule has 8 heteroatoms. The van der Waals surface area contributed by atoms with Gasteiger partial charge in [-0.2, -0.15) is 4.98 Å². The van der Waals surface area contributed by atoms with Crippen LogP contribution in [0.3, 0.4) is 0 Å². The number of carbonyl (C=O) groups excluding carboxylic acids is 1. The summed E-state index contributed by atoms with van der Waals surface area (Å²) in [5, 5.41) is 3.05. The maximum Gasteiger partial charge on any atom is 0.337 e. The minimum Gasteiger partial charge on any atom is -0.465 e. The van der Waals surface area contributed by atoms with Crippen molar-refractivity contribution < 1.29 is 14.3 Å². The summed E-state index contributed by atoms with van der Waals surface area (Å²) in [6, 6.07) is 10.1. The van der Waals surface area contributed by atoms with Crippen molar-refractivity contribution in [2.24, 2.45) is 0 Å². The highest BCUT2D eigenvalue weighted by Gasteiger charge is 2.11. The summed E-state index contributed by atoms with van der Waals surface area (Å²) in [6.45, 7) is 0. The van der Waals surface area contributed by atoms with E-state index in [0.717, 1.165) is 5.69 Å². The van der Waals surface area contributed by atoms with Crippen molar-refractivity contribution in [2.45, 2.75) is 0 Å². The second-order valence-corrected chi connectivity index (χ2v) is 4.93. The zero-order valence-corrected chi connectivity index (χ0v) is 13.3. The maximum absolute atomic E-state index is 11.4. The van der Waals surface area contributed by atoms with Crippen LogP contribution in [0.4, 0.5) is 17.2 Å². The molecule has 2 heterocycles. The van der Waals surface area contributed by atoms with E-state index in [1.165, 1.54) is 13.4 Å². The molecule has 2 aromatic heterocycles. The highest BCUT2D eigenvalue weighted by atomic mass is 16.5. The fourth-order valence-corrected chi connectivity index (χ4v) is 2.02. The molecule has 0 bridgehead atoms. The van der Waals surface area contributed by atoms with Crippen LogP contribution < -0.4 is 15.8 Å². The third kappa shape index (κ3) is 3.81. The molecule has 3 N–H and O–H groups in total. The largest absolute Gasteiger partial charge is 0.465 e. The van der Waals surface area contributed by atoms with E-state index in [4.69, 9.17) is 10.5 Å². The molecule has 0 spiro atoms. The Morgan fingerprint density at radius 2 is 1.96 bits per heavy atom. The number of hydrogen-bond donors (Lipinski definition) is 2. The first-order valence-corrected chi connectivity index (χ1v) is 7.31. The molecular weight excluding hydrogens is 322 g/mol. The predicted molar refractivity (Wildman–Crippen MR) is 91.8 cm³/mol. The first-order valence-electron chi connectivity index (χ1n) is 7.31. The fourth-order valence-electron chi connectivity index (χ4n) is 2.02. The highest BCUT2D eigenvalue weighted by Crippen LogP contribution is 2.30. The SMILES string of the molecule is COC(=O)c1ccc(Oc2ncnc(Nc3cccnc3)c2N)cc1. The van der Waals surface area contributed by atoms with Crippen molar-refractivity contribution in [3.63, 3.8) is 0 Å². The molecule has 0 fully saturated rings. The number of anilines is 3. The number of pyridine rings is 1. The van der Waals surface area contributed by atoms with E-state index in [0.29, 0.717) is 17.1 Å². The number of carbonyl (C=O) groups is 1. The molecule has 0 radical (unpaired) electrons. The third-order valence-corrected chi connectivity index (χ3v) is 3.26. The number of nitrogens with zero attached hydrogens (tertiary/aromatic N) is 3. The van der Waals surface area contributed by atoms with Gasteiger partial charge in [-0.15, -0.1) is 0 Å². The van der Waals surface area contributed by atoms with E-state index in [2.05, 4.69) is 25.0 Å². The lowest BCUT2D eigenvalue weighted by Gasteiger charge is -2.11. The van der Waals surface area contributed by atoms with Gasteiger partial charge in [-0.3, -0.25) is 4.98 Å². The van der Waals surface area contributed by atoms with E-state index >= 15 is 0 Å². The maximum atomic E-state index is 11.4. The zero-order valence-electron chi connectivity index (χ0n) is 13.3. The van der Waals surface area contributed by atoms with Crippen LogP contribution in [0.25, 0.3) is 0 Å². The lowest BCUT2D eigenvalue weighted by atomic mass is 10.2. The summed E-state index contributed by atoms with van der Waals surface area (Å²) in [5.41, 5.74) is 7.48. The second kappa shape index (κ2) is 7.26. The van der Waals surface area contributed by atoms with Crippen LogP contribution in [0.15, 0.2) is 55.1 Å². The molecule has 126 valence electrons. The number of nitrogens with one attached hydrogen (secondary N) is 1. The van der Waals surface area contributed by atoms with Gasteiger partial charge in [0.1, 0.15) is 17.8 Å². The average molecular weight is 337 g/mol. The molecule has 0 aliphatic carbocycles. The topological polar surface area (TPSA) is 112 Å². The van der Waals surface area contributed by atoms with Crippen LogP contribution in [0.1, 0.15) is 10.4 Å². The molecule has 1 aromatic carbocycles. The number of rotatable bonds is 5. The molecule has 0 aliphatic heterocycles. The summed E-state index contributed by atoms with van der Waals surface area (Å²) in [7, 11) is 1.32. The van der Waals surface area contributed by atoms with E-state index < -0.39 is 5.97 Å². The summed E-state index contributed by atoms with van der Waals surface area (Å²) >= 11 is 0. The van der Waals surface area contributed by atoms with E-state index in [1.807, 2.05) is 6.07 Å². The smallest absolute Gasteiger partial charge is 0.337 e. The first kappa shape index (κ1) is 16.2. The Hall–Kier alpha value is -3.68. The van der Waals surface area contributed by atoms with Gasteiger partial charge in [0.25, 0.3) is 0 Å². The number of nitrogens with two attached hydrogens (primary N) is 1. The van der Waals surface area contributed by atoms with Crippen molar-refractivity contribution in [2.75, 3.05) is 18.2 Å². The normalized spacial score (nSPS) is 10.1. The first-order chi connectivity index (χ1) is 12.2. The van der Waals surface area contributed by atoms with Crippen LogP contribution >= 0.6 is 0 Å². The molecule has 3 rings (SSSR count). The average Bonchev–Trinajstić information content (AvgIpc) is 2.66. The van der Waals surface area contributed by atoms with Gasteiger partial charge in [-0.25, -0.2) is 9.78 Å². The number of ether oxygens (including phenoxy) is 2. The van der Waals surface area contributed by atoms with Gasteiger partial charge in [0, 0.05) is 6.20 Å². The number of nitrogen functional groups attached to an aromatic ring is 1. The monoisotopic (exact) mass is 337 g/mol. The van der Waals surface area contributed by atoms with Crippen LogP contribution in [0, 0.1) is 0 Å². The highest BCUT2D eigenvalue weighted by molar-refractivity contribution is 5.89. The molecule has 0 saturated heterocycles. The lowest BCUT2D eigenvalue weighted by molar-refractivity contribution is 0.0600. The molecule has 0 amide bonds. The van der Waals surface area contributed by atoms with Crippen LogP contribution in [0.5, 0.6) is 11.6 Å². The van der Waals surface area contributed by atoms with Gasteiger partial charge < -0.3 is 20.5 Å². The third-order valence-electron chi connectivity index (χ3n) is 3.26. The summed E-state index contributed by atoms with van der Waals surface area (Å²) in [5.74, 6) is 0.665. The number of hydrogen-bond acceptors (Lipinski definition) is 8. The number of esters is 1. The van der Waals surface area contributed by atoms with Crippen molar-refractivity contribution in [3.05, 3.63) is 60.7 Å². The fraction of sp³-hybridized carbons (Fsp3) is 0.0588. The standard InChI is InChI=1S/C17H15N5O3/c1-24-17(23)11-4-6-13(7-5-11)25-16-14(18)15(20-10-21-16)22-12-3-2-8-19-9-12/h2-10H,18H2,1H3,(H,20,21,22). The Labute approximate surface area is 143 Å². The van der Waals surface area contributed by atoms with Gasteiger partial charge in [-0.1, -0.05) is 0 Å².